The van der Waals surface area contributed by atoms with Crippen LogP contribution in [-0.4, -0.2) is 26.0 Å². The normalized spacial score (nSPS) is 20.6. The summed E-state index contributed by atoms with van der Waals surface area (Å²) in [5.74, 6) is 0.164. The number of carbonyl (C=O) groups is 1. The summed E-state index contributed by atoms with van der Waals surface area (Å²) in [7, 11) is 1.53. The number of methoxy groups -OCH3 is 1. The van der Waals surface area contributed by atoms with Gasteiger partial charge in [-0.2, -0.15) is 0 Å². The number of carbonyl (C=O) groups excluding carboxylic acids is 1. The summed E-state index contributed by atoms with van der Waals surface area (Å²) in [6.45, 7) is 0.701. The average Bonchev–Trinajstić information content (AvgIpc) is 2.68. The first-order valence-electron chi connectivity index (χ1n) is 3.47. The van der Waals surface area contributed by atoms with Crippen molar-refractivity contribution in [1.29, 1.82) is 0 Å². The minimum atomic E-state index is -0.185. The minimum absolute atomic E-state index is 0.164. The van der Waals surface area contributed by atoms with Gasteiger partial charge in [-0.25, -0.2) is 0 Å². The third-order valence-corrected chi connectivity index (χ3v) is 2.11. The van der Waals surface area contributed by atoms with Crippen molar-refractivity contribution in [3.63, 3.8) is 0 Å². The van der Waals surface area contributed by atoms with Gasteiger partial charge in [-0.05, 0) is 12.8 Å². The van der Waals surface area contributed by atoms with Gasteiger partial charge in [-0.3, -0.25) is 4.79 Å². The zero-order valence-corrected chi connectivity index (χ0v) is 6.22. The number of nitrogens with two attached hydrogens (primary N) is 1. The Balaban J connectivity index is 2.40. The maximum Gasteiger partial charge on any atom is 0.165 e. The van der Waals surface area contributed by atoms with E-state index in [2.05, 4.69) is 0 Å². The first-order chi connectivity index (χ1) is 4.75. The van der Waals surface area contributed by atoms with E-state index in [1.165, 1.54) is 7.11 Å². The molecule has 1 saturated carbocycles. The van der Waals surface area contributed by atoms with Crippen molar-refractivity contribution in [2.75, 3.05) is 20.3 Å². The minimum Gasteiger partial charge on any atom is -0.377 e. The second-order valence-corrected chi connectivity index (χ2v) is 2.84. The number of hydrogen-bond acceptors (Lipinski definition) is 3. The Morgan fingerprint density at radius 2 is 2.30 bits per heavy atom. The van der Waals surface area contributed by atoms with Crippen LogP contribution in [0.1, 0.15) is 12.8 Å². The number of Topliss-reactive ketones (excluding diaryl/α,β-unsaturated/α-hetero) is 1. The fraction of sp³-hybridized carbons (Fsp3) is 0.857. The SMILES string of the molecule is COCC(=O)C1(CN)CC1. The zero-order valence-electron chi connectivity index (χ0n) is 6.22. The molecule has 0 aromatic rings. The Bertz CT molecular complexity index is 141. The van der Waals surface area contributed by atoms with Crippen molar-refractivity contribution in [1.82, 2.24) is 0 Å². The van der Waals surface area contributed by atoms with Gasteiger partial charge in [0, 0.05) is 19.1 Å². The van der Waals surface area contributed by atoms with Gasteiger partial charge in [0.1, 0.15) is 6.61 Å². The molecule has 0 aromatic heterocycles. The Kier molecular flexibility index (Phi) is 2.06. The van der Waals surface area contributed by atoms with Crippen molar-refractivity contribution in [2.45, 2.75) is 12.8 Å². The second kappa shape index (κ2) is 2.68. The van der Waals surface area contributed by atoms with Crippen molar-refractivity contribution >= 4 is 5.78 Å². The van der Waals surface area contributed by atoms with Crippen molar-refractivity contribution in [3.8, 4) is 0 Å². The lowest BCUT2D eigenvalue weighted by Crippen LogP contribution is -2.28. The lowest BCUT2D eigenvalue weighted by atomic mass is 10.0. The van der Waals surface area contributed by atoms with Gasteiger partial charge in [0.15, 0.2) is 5.78 Å². The number of hydrogen-bond donors (Lipinski definition) is 1. The molecule has 2 N–H and O–H groups in total. The Labute approximate surface area is 60.5 Å². The van der Waals surface area contributed by atoms with E-state index >= 15 is 0 Å². The Morgan fingerprint density at radius 1 is 1.70 bits per heavy atom. The van der Waals surface area contributed by atoms with E-state index in [-0.39, 0.29) is 17.8 Å². The Morgan fingerprint density at radius 3 is 2.60 bits per heavy atom. The molecule has 0 bridgehead atoms. The molecule has 0 radical (unpaired) electrons. The van der Waals surface area contributed by atoms with Gasteiger partial charge < -0.3 is 10.5 Å². The molecule has 0 aliphatic heterocycles. The van der Waals surface area contributed by atoms with Crippen LogP contribution in [0.2, 0.25) is 0 Å². The van der Waals surface area contributed by atoms with Gasteiger partial charge in [0.05, 0.1) is 0 Å². The standard InChI is InChI=1S/C7H13NO2/c1-10-4-6(9)7(5-8)2-3-7/h2-5,8H2,1H3. The summed E-state index contributed by atoms with van der Waals surface area (Å²) in [5.41, 5.74) is 5.24. The second-order valence-electron chi connectivity index (χ2n) is 2.84. The van der Waals surface area contributed by atoms with E-state index < -0.39 is 0 Å². The molecular weight excluding hydrogens is 130 g/mol. The number of ether oxygens (including phenoxy) is 1. The molecule has 0 unspecified atom stereocenters. The van der Waals surface area contributed by atoms with Gasteiger partial charge in [-0.1, -0.05) is 0 Å². The van der Waals surface area contributed by atoms with E-state index in [1.807, 2.05) is 0 Å². The van der Waals surface area contributed by atoms with Gasteiger partial charge >= 0.3 is 0 Å². The largest absolute Gasteiger partial charge is 0.377 e. The van der Waals surface area contributed by atoms with Crippen LogP contribution in [0.4, 0.5) is 0 Å². The molecule has 0 heterocycles. The fourth-order valence-corrected chi connectivity index (χ4v) is 1.03. The van der Waals surface area contributed by atoms with Gasteiger partial charge in [0.2, 0.25) is 0 Å². The van der Waals surface area contributed by atoms with Crippen molar-refractivity contribution < 1.29 is 9.53 Å². The molecule has 1 rings (SSSR count). The van der Waals surface area contributed by atoms with Crippen LogP contribution in [0.5, 0.6) is 0 Å². The van der Waals surface area contributed by atoms with E-state index in [0.717, 1.165) is 12.8 Å². The van der Waals surface area contributed by atoms with E-state index in [0.29, 0.717) is 6.54 Å². The number of rotatable bonds is 4. The maximum absolute atomic E-state index is 11.2. The molecule has 1 aliphatic carbocycles. The maximum atomic E-state index is 11.2. The Hall–Kier alpha value is -0.410. The smallest absolute Gasteiger partial charge is 0.165 e. The lowest BCUT2D eigenvalue weighted by molar-refractivity contribution is -0.127. The van der Waals surface area contributed by atoms with Crippen LogP contribution < -0.4 is 5.73 Å². The van der Waals surface area contributed by atoms with Gasteiger partial charge in [0.25, 0.3) is 0 Å². The molecule has 0 amide bonds. The highest BCUT2D eigenvalue weighted by atomic mass is 16.5. The van der Waals surface area contributed by atoms with Crippen LogP contribution in [0.3, 0.4) is 0 Å². The van der Waals surface area contributed by atoms with E-state index in [1.54, 1.807) is 0 Å². The number of ketones is 1. The summed E-state index contributed by atoms with van der Waals surface area (Å²) in [5, 5.41) is 0. The molecule has 0 aromatic carbocycles. The monoisotopic (exact) mass is 143 g/mol. The molecule has 58 valence electrons. The van der Waals surface area contributed by atoms with Crippen LogP contribution in [-0.2, 0) is 9.53 Å². The predicted octanol–water partition coefficient (Wildman–Crippen LogP) is -0.0592. The van der Waals surface area contributed by atoms with Crippen LogP contribution >= 0.6 is 0 Å². The third kappa shape index (κ3) is 1.20. The molecule has 0 atom stereocenters. The highest BCUT2D eigenvalue weighted by Crippen LogP contribution is 2.45. The molecular formula is C7H13NO2. The quantitative estimate of drug-likeness (QED) is 0.600. The van der Waals surface area contributed by atoms with Crippen LogP contribution in [0.25, 0.3) is 0 Å². The van der Waals surface area contributed by atoms with Gasteiger partial charge in [-0.15, -0.1) is 0 Å². The molecule has 1 aliphatic rings. The van der Waals surface area contributed by atoms with Crippen LogP contribution in [0, 0.1) is 5.41 Å². The molecule has 10 heavy (non-hydrogen) atoms. The zero-order chi connectivity index (χ0) is 7.61. The highest BCUT2D eigenvalue weighted by molar-refractivity contribution is 5.88. The molecule has 1 fully saturated rings. The van der Waals surface area contributed by atoms with Crippen molar-refractivity contribution in [3.05, 3.63) is 0 Å². The molecule has 3 nitrogen and oxygen atoms in total. The summed E-state index contributed by atoms with van der Waals surface area (Å²) >= 11 is 0. The predicted molar refractivity (Wildman–Crippen MR) is 37.6 cm³/mol. The van der Waals surface area contributed by atoms with E-state index in [4.69, 9.17) is 10.5 Å². The van der Waals surface area contributed by atoms with Crippen LogP contribution in [0.15, 0.2) is 0 Å². The third-order valence-electron chi connectivity index (χ3n) is 2.11. The summed E-state index contributed by atoms with van der Waals surface area (Å²) in [6.07, 6.45) is 1.90. The lowest BCUT2D eigenvalue weighted by Gasteiger charge is -2.08. The summed E-state index contributed by atoms with van der Waals surface area (Å²) in [4.78, 5) is 11.2. The van der Waals surface area contributed by atoms with E-state index in [9.17, 15) is 4.79 Å². The summed E-state index contributed by atoms with van der Waals surface area (Å²) < 4.78 is 4.73. The first kappa shape index (κ1) is 7.69. The summed E-state index contributed by atoms with van der Waals surface area (Å²) in [6, 6.07) is 0. The highest BCUT2D eigenvalue weighted by Gasteiger charge is 2.47. The fourth-order valence-electron chi connectivity index (χ4n) is 1.03. The molecule has 0 spiro atoms. The molecule has 3 heteroatoms. The topological polar surface area (TPSA) is 52.3 Å². The molecule has 0 saturated heterocycles. The average molecular weight is 143 g/mol. The first-order valence-corrected chi connectivity index (χ1v) is 3.47. The van der Waals surface area contributed by atoms with Crippen molar-refractivity contribution in [2.24, 2.45) is 11.1 Å².